The minimum atomic E-state index is -0.281. The number of hydrogen-bond donors (Lipinski definition) is 0. The molecule has 1 saturated heterocycles. The normalized spacial score (nSPS) is 17.6. The molecule has 152 valence electrons. The Morgan fingerprint density at radius 1 is 1.00 bits per heavy atom. The van der Waals surface area contributed by atoms with Gasteiger partial charge in [-0.2, -0.15) is 0 Å². The molecule has 0 unspecified atom stereocenters. The zero-order chi connectivity index (χ0) is 20.2. The topological polar surface area (TPSA) is 49.9 Å². The van der Waals surface area contributed by atoms with Gasteiger partial charge in [-0.15, -0.1) is 0 Å². The molecule has 29 heavy (non-hydrogen) atoms. The number of benzene rings is 2. The third-order valence-corrected chi connectivity index (χ3v) is 6.05. The first kappa shape index (κ1) is 19.5. The fourth-order valence-corrected chi connectivity index (χ4v) is 4.38. The number of rotatable bonds is 5. The van der Waals surface area contributed by atoms with Crippen molar-refractivity contribution in [2.45, 2.75) is 44.7 Å². The van der Waals surface area contributed by atoms with Crippen molar-refractivity contribution in [3.8, 4) is 5.75 Å². The predicted molar refractivity (Wildman–Crippen MR) is 112 cm³/mol. The molecule has 4 rings (SSSR count). The first-order valence-corrected chi connectivity index (χ1v) is 10.5. The molecule has 1 fully saturated rings. The Balaban J connectivity index is 1.61. The second kappa shape index (κ2) is 8.68. The monoisotopic (exact) mass is 392 g/mol. The van der Waals surface area contributed by atoms with E-state index in [1.165, 1.54) is 12.8 Å². The number of likely N-dealkylation sites (tertiary alicyclic amines) is 1. The van der Waals surface area contributed by atoms with Gasteiger partial charge in [-0.3, -0.25) is 9.59 Å². The third kappa shape index (κ3) is 4.14. The molecule has 0 N–H and O–H groups in total. The average Bonchev–Trinajstić information content (AvgIpc) is 2.93. The molecule has 2 heterocycles. The van der Waals surface area contributed by atoms with Gasteiger partial charge in [0, 0.05) is 25.2 Å². The van der Waals surface area contributed by atoms with Gasteiger partial charge in [0.2, 0.25) is 5.91 Å². The number of hydrogen-bond acceptors (Lipinski definition) is 3. The van der Waals surface area contributed by atoms with Gasteiger partial charge in [0.1, 0.15) is 5.75 Å². The van der Waals surface area contributed by atoms with E-state index in [2.05, 4.69) is 0 Å². The molecular weight excluding hydrogens is 364 g/mol. The van der Waals surface area contributed by atoms with Crippen LogP contribution in [0, 0.1) is 0 Å². The summed E-state index contributed by atoms with van der Waals surface area (Å²) in [5.74, 6) is 0.906. The van der Waals surface area contributed by atoms with E-state index in [1.807, 2.05) is 58.3 Å². The van der Waals surface area contributed by atoms with Gasteiger partial charge in [0.05, 0.1) is 19.6 Å². The van der Waals surface area contributed by atoms with E-state index in [0.29, 0.717) is 13.0 Å². The van der Waals surface area contributed by atoms with Gasteiger partial charge in [-0.1, -0.05) is 43.2 Å². The zero-order valence-electron chi connectivity index (χ0n) is 17.0. The molecule has 0 spiro atoms. The summed E-state index contributed by atoms with van der Waals surface area (Å²) >= 11 is 0. The van der Waals surface area contributed by atoms with Crippen LogP contribution in [0.5, 0.6) is 5.75 Å². The summed E-state index contributed by atoms with van der Waals surface area (Å²) in [6.07, 6.45) is 4.81. The summed E-state index contributed by atoms with van der Waals surface area (Å²) < 4.78 is 5.28. The van der Waals surface area contributed by atoms with Crippen LogP contribution in [-0.4, -0.2) is 41.8 Å². The smallest absolute Gasteiger partial charge is 0.255 e. The fraction of sp³-hybridized carbons (Fsp3) is 0.417. The minimum absolute atomic E-state index is 0.00471. The van der Waals surface area contributed by atoms with Crippen LogP contribution in [0.1, 0.15) is 59.6 Å². The lowest BCUT2D eigenvalue weighted by atomic mass is 10.0. The van der Waals surface area contributed by atoms with Crippen molar-refractivity contribution in [2.75, 3.05) is 20.2 Å². The predicted octanol–water partition coefficient (Wildman–Crippen LogP) is 4.19. The largest absolute Gasteiger partial charge is 0.497 e. The van der Waals surface area contributed by atoms with Crippen LogP contribution in [0.4, 0.5) is 0 Å². The summed E-state index contributed by atoms with van der Waals surface area (Å²) in [6.45, 7) is 2.18. The standard InChI is InChI=1S/C24H28N2O3/c1-29-20-12-10-18(11-13-20)22(16-23(27)25-14-6-2-3-7-15-25)26-17-19-8-4-5-9-21(19)24(26)28/h4-5,8-13,22H,2-3,6-7,14-17H2,1H3/t22-/m1/s1. The molecule has 2 aliphatic heterocycles. The van der Waals surface area contributed by atoms with E-state index in [0.717, 1.165) is 48.4 Å². The maximum Gasteiger partial charge on any atom is 0.255 e. The second-order valence-corrected chi connectivity index (χ2v) is 7.88. The molecular formula is C24H28N2O3. The SMILES string of the molecule is COc1ccc([C@@H](CC(=O)N2CCCCCC2)N2Cc3ccccc3C2=O)cc1. The van der Waals surface area contributed by atoms with Crippen LogP contribution in [-0.2, 0) is 11.3 Å². The molecule has 2 aromatic rings. The van der Waals surface area contributed by atoms with Crippen molar-refractivity contribution in [3.63, 3.8) is 0 Å². The van der Waals surface area contributed by atoms with Crippen LogP contribution in [0.2, 0.25) is 0 Å². The van der Waals surface area contributed by atoms with Crippen molar-refractivity contribution < 1.29 is 14.3 Å². The van der Waals surface area contributed by atoms with E-state index >= 15 is 0 Å². The first-order valence-electron chi connectivity index (χ1n) is 10.5. The van der Waals surface area contributed by atoms with E-state index in [9.17, 15) is 9.59 Å². The quantitative estimate of drug-likeness (QED) is 0.767. The third-order valence-electron chi connectivity index (χ3n) is 6.05. The highest BCUT2D eigenvalue weighted by Gasteiger charge is 2.35. The van der Waals surface area contributed by atoms with Crippen molar-refractivity contribution in [1.29, 1.82) is 0 Å². The Kier molecular flexibility index (Phi) is 5.84. The van der Waals surface area contributed by atoms with Crippen LogP contribution < -0.4 is 4.74 Å². The summed E-state index contributed by atoms with van der Waals surface area (Å²) in [5.41, 5.74) is 2.74. The molecule has 2 aromatic carbocycles. The maximum absolute atomic E-state index is 13.2. The highest BCUT2D eigenvalue weighted by atomic mass is 16.5. The van der Waals surface area contributed by atoms with Gasteiger partial charge in [-0.25, -0.2) is 0 Å². The zero-order valence-corrected chi connectivity index (χ0v) is 17.0. The molecule has 0 bridgehead atoms. The van der Waals surface area contributed by atoms with Crippen LogP contribution in [0.25, 0.3) is 0 Å². The summed E-state index contributed by atoms with van der Waals surface area (Å²) in [6, 6.07) is 15.2. The number of fused-ring (bicyclic) bond motifs is 1. The summed E-state index contributed by atoms with van der Waals surface area (Å²) in [7, 11) is 1.63. The fourth-order valence-electron chi connectivity index (χ4n) is 4.38. The van der Waals surface area contributed by atoms with Gasteiger partial charge in [0.25, 0.3) is 5.91 Å². The average molecular weight is 392 g/mol. The van der Waals surface area contributed by atoms with E-state index in [1.54, 1.807) is 7.11 Å². The van der Waals surface area contributed by atoms with Gasteiger partial charge in [0.15, 0.2) is 0 Å². The summed E-state index contributed by atoms with van der Waals surface area (Å²) in [5, 5.41) is 0. The number of carbonyl (C=O) groups is 2. The molecule has 1 atom stereocenters. The van der Waals surface area contributed by atoms with Gasteiger partial charge < -0.3 is 14.5 Å². The van der Waals surface area contributed by atoms with E-state index in [-0.39, 0.29) is 17.9 Å². The molecule has 0 saturated carbocycles. The minimum Gasteiger partial charge on any atom is -0.497 e. The molecule has 2 aliphatic rings. The van der Waals surface area contributed by atoms with E-state index < -0.39 is 0 Å². The lowest BCUT2D eigenvalue weighted by Gasteiger charge is -2.30. The van der Waals surface area contributed by atoms with E-state index in [4.69, 9.17) is 4.74 Å². The Hall–Kier alpha value is -2.82. The Morgan fingerprint density at radius 2 is 1.69 bits per heavy atom. The molecule has 5 nitrogen and oxygen atoms in total. The number of nitrogens with zero attached hydrogens (tertiary/aromatic N) is 2. The van der Waals surface area contributed by atoms with Gasteiger partial charge in [-0.05, 0) is 42.2 Å². The number of methoxy groups -OCH3 is 1. The second-order valence-electron chi connectivity index (χ2n) is 7.88. The number of amides is 2. The maximum atomic E-state index is 13.2. The molecule has 0 radical (unpaired) electrons. The lowest BCUT2D eigenvalue weighted by Crippen LogP contribution is -2.37. The van der Waals surface area contributed by atoms with Crippen molar-refractivity contribution >= 4 is 11.8 Å². The van der Waals surface area contributed by atoms with Gasteiger partial charge >= 0.3 is 0 Å². The molecule has 2 amide bonds. The summed E-state index contributed by atoms with van der Waals surface area (Å²) in [4.78, 5) is 30.1. The Morgan fingerprint density at radius 3 is 2.34 bits per heavy atom. The van der Waals surface area contributed by atoms with Crippen molar-refractivity contribution in [1.82, 2.24) is 9.80 Å². The number of carbonyl (C=O) groups excluding carboxylic acids is 2. The highest BCUT2D eigenvalue weighted by molar-refractivity contribution is 5.98. The molecule has 0 aliphatic carbocycles. The van der Waals surface area contributed by atoms with Crippen molar-refractivity contribution in [3.05, 3.63) is 65.2 Å². The Bertz CT molecular complexity index is 870. The first-order chi connectivity index (χ1) is 14.2. The highest BCUT2D eigenvalue weighted by Crippen LogP contribution is 2.34. The van der Waals surface area contributed by atoms with Crippen LogP contribution in [0.15, 0.2) is 48.5 Å². The van der Waals surface area contributed by atoms with Crippen molar-refractivity contribution in [2.24, 2.45) is 0 Å². The van der Waals surface area contributed by atoms with Crippen LogP contribution >= 0.6 is 0 Å². The lowest BCUT2D eigenvalue weighted by molar-refractivity contribution is -0.132. The number of ether oxygens (including phenoxy) is 1. The molecule has 5 heteroatoms. The Labute approximate surface area is 172 Å². The molecule has 0 aromatic heterocycles. The van der Waals surface area contributed by atoms with Crippen LogP contribution in [0.3, 0.4) is 0 Å².